The molecular weight excluding hydrogens is 664 g/mol. The highest BCUT2D eigenvalue weighted by Crippen LogP contribution is 2.32. The Kier molecular flexibility index (Phi) is 10.8. The van der Waals surface area contributed by atoms with E-state index in [0.717, 1.165) is 37.2 Å². The van der Waals surface area contributed by atoms with Crippen molar-refractivity contribution in [2.45, 2.75) is 57.5 Å². The lowest BCUT2D eigenvalue weighted by Crippen LogP contribution is -2.55. The maximum Gasteiger partial charge on any atom is 0.265 e. The number of likely N-dealkylation sites (N-methyl/N-ethyl adjacent to an activating group) is 1. The number of nitrogens with one attached hydrogen (secondary N) is 3. The van der Waals surface area contributed by atoms with Gasteiger partial charge in [0.1, 0.15) is 34.6 Å². The number of halogens is 1. The monoisotopic (exact) mass is 704 g/mol. The number of pyridine rings is 1. The van der Waals surface area contributed by atoms with Crippen LogP contribution in [0.25, 0.3) is 11.0 Å². The maximum absolute atomic E-state index is 15.8. The summed E-state index contributed by atoms with van der Waals surface area (Å²) in [6.07, 6.45) is 9.07. The van der Waals surface area contributed by atoms with Gasteiger partial charge in [-0.05, 0) is 67.0 Å². The third-order valence-corrected chi connectivity index (χ3v) is 10.6. The molecule has 2 fully saturated rings. The number of benzene rings is 1. The summed E-state index contributed by atoms with van der Waals surface area (Å²) < 4.78 is 25.1. The topological polar surface area (TPSA) is 163 Å². The van der Waals surface area contributed by atoms with Crippen molar-refractivity contribution in [1.29, 1.82) is 0 Å². The molecule has 1 aliphatic carbocycles. The maximum atomic E-state index is 15.8. The Labute approximate surface area is 293 Å². The minimum absolute atomic E-state index is 0.0611. The highest BCUT2D eigenvalue weighted by atomic mass is 32.1. The molecule has 50 heavy (non-hydrogen) atoms. The first-order valence-corrected chi connectivity index (χ1v) is 17.6. The van der Waals surface area contributed by atoms with Crippen LogP contribution in [0, 0.1) is 17.7 Å². The summed E-state index contributed by atoms with van der Waals surface area (Å²) >= 11 is 0.915. The summed E-state index contributed by atoms with van der Waals surface area (Å²) in [7, 11) is 1.98. The van der Waals surface area contributed by atoms with Gasteiger partial charge < -0.3 is 30.2 Å². The van der Waals surface area contributed by atoms with E-state index < -0.39 is 41.5 Å². The van der Waals surface area contributed by atoms with Crippen molar-refractivity contribution in [3.63, 3.8) is 0 Å². The van der Waals surface area contributed by atoms with E-state index in [1.807, 2.05) is 7.05 Å². The van der Waals surface area contributed by atoms with Crippen LogP contribution >= 0.6 is 11.5 Å². The quantitative estimate of drug-likeness (QED) is 0.221. The lowest BCUT2D eigenvalue weighted by atomic mass is 9.79. The van der Waals surface area contributed by atoms with Crippen LogP contribution in [-0.4, -0.2) is 93.3 Å². The van der Waals surface area contributed by atoms with Crippen LogP contribution in [0.2, 0.25) is 0 Å². The van der Waals surface area contributed by atoms with Crippen molar-refractivity contribution in [2.24, 2.45) is 11.8 Å². The number of hydrogen-bond donors (Lipinski definition) is 3. The Morgan fingerprint density at radius 1 is 1.00 bits per heavy atom. The van der Waals surface area contributed by atoms with Crippen LogP contribution in [0.1, 0.15) is 71.0 Å². The van der Waals surface area contributed by atoms with Crippen molar-refractivity contribution in [3.8, 4) is 0 Å². The van der Waals surface area contributed by atoms with Crippen molar-refractivity contribution < 1.29 is 28.0 Å². The second-order valence-electron chi connectivity index (χ2n) is 13.4. The largest absolute Gasteiger partial charge is 0.463 e. The molecule has 13 nitrogen and oxygen atoms in total. The third kappa shape index (κ3) is 7.83. The second kappa shape index (κ2) is 15.4. The van der Waals surface area contributed by atoms with Crippen LogP contribution in [0.15, 0.2) is 53.5 Å². The van der Waals surface area contributed by atoms with Crippen molar-refractivity contribution in [3.05, 3.63) is 70.9 Å². The molecule has 2 aliphatic rings. The van der Waals surface area contributed by atoms with Gasteiger partial charge in [-0.25, -0.2) is 4.39 Å². The Morgan fingerprint density at radius 3 is 2.46 bits per heavy atom. The van der Waals surface area contributed by atoms with E-state index in [9.17, 15) is 19.2 Å². The number of fused-ring (bicyclic) bond motifs is 1. The van der Waals surface area contributed by atoms with E-state index >= 15 is 4.39 Å². The first kappa shape index (κ1) is 35.1. The molecule has 15 heteroatoms. The number of piperazine rings is 1. The molecular formula is C35H41FN8O5S. The standard InChI is InChI=1S/C35H41FN8O5S/c1-20-4-6-22(7-5-20)31(41-32(45)25-19-49-28-10-11-37-17-24(25)28)34(47)39-27-9-8-23(16-26(27)36)21(2)30(40-33(46)29-18-38-42-50-29)35(48)44-14-12-43(3)13-15-44/h8-11,16-22,30-31H,4-7,12-15H2,1-3H3,(H,39,47)(H,40,46)(H,41,45)/t20-,21-,22-,30+,31-/m0/s1. The zero-order chi connectivity index (χ0) is 35.4. The molecule has 1 saturated heterocycles. The molecule has 0 bridgehead atoms. The number of furan rings is 1. The Hall–Kier alpha value is -4.76. The van der Waals surface area contributed by atoms with E-state index in [4.69, 9.17) is 4.42 Å². The third-order valence-electron chi connectivity index (χ3n) is 9.95. The van der Waals surface area contributed by atoms with Gasteiger partial charge in [0.25, 0.3) is 11.8 Å². The van der Waals surface area contributed by atoms with E-state index in [0.29, 0.717) is 48.6 Å². The molecule has 0 radical (unpaired) electrons. The minimum atomic E-state index is -0.990. The smallest absolute Gasteiger partial charge is 0.265 e. The van der Waals surface area contributed by atoms with E-state index in [1.54, 1.807) is 30.2 Å². The second-order valence-corrected chi connectivity index (χ2v) is 14.2. The number of nitrogens with zero attached hydrogens (tertiary/aromatic N) is 5. The van der Waals surface area contributed by atoms with Gasteiger partial charge in [0.2, 0.25) is 11.8 Å². The zero-order valence-electron chi connectivity index (χ0n) is 28.2. The Bertz CT molecular complexity index is 1840. The van der Waals surface area contributed by atoms with E-state index in [1.165, 1.54) is 30.8 Å². The van der Waals surface area contributed by atoms with Gasteiger partial charge in [-0.2, -0.15) is 0 Å². The SMILES string of the molecule is C[C@@H](c1ccc(NC(=O)[C@@H](NC(=O)c2coc3ccncc23)[C@H]2CC[C@H](C)CC2)c(F)c1)[C@@H](NC(=O)c1cnns1)C(=O)N1CCN(C)CC1. The minimum Gasteiger partial charge on any atom is -0.463 e. The van der Waals surface area contributed by atoms with Crippen molar-refractivity contribution in [1.82, 2.24) is 35.0 Å². The molecule has 3 aromatic heterocycles. The molecule has 0 unspecified atom stereocenters. The predicted molar refractivity (Wildman–Crippen MR) is 185 cm³/mol. The van der Waals surface area contributed by atoms with Gasteiger partial charge in [0.15, 0.2) is 0 Å². The van der Waals surface area contributed by atoms with Crippen LogP contribution in [-0.2, 0) is 9.59 Å². The van der Waals surface area contributed by atoms with Crippen molar-refractivity contribution in [2.75, 3.05) is 38.5 Å². The number of rotatable bonds is 10. The normalized spacial score (nSPS) is 20.1. The first-order valence-electron chi connectivity index (χ1n) is 16.9. The first-order chi connectivity index (χ1) is 24.1. The molecule has 4 heterocycles. The number of anilines is 1. The van der Waals surface area contributed by atoms with E-state index in [2.05, 4.69) is 42.3 Å². The molecule has 4 aromatic rings. The molecule has 3 atom stereocenters. The summed E-state index contributed by atoms with van der Waals surface area (Å²) in [4.78, 5) is 62.3. The van der Waals surface area contributed by atoms with Crippen LogP contribution in [0.3, 0.4) is 0 Å². The van der Waals surface area contributed by atoms with E-state index in [-0.39, 0.29) is 28.0 Å². The van der Waals surface area contributed by atoms with Gasteiger partial charge in [0.05, 0.1) is 22.8 Å². The fraction of sp³-hybridized carbons (Fsp3) is 0.457. The Morgan fingerprint density at radius 2 is 1.76 bits per heavy atom. The van der Waals surface area contributed by atoms with Crippen LogP contribution in [0.4, 0.5) is 10.1 Å². The number of aromatic nitrogens is 3. The predicted octanol–water partition coefficient (Wildman–Crippen LogP) is 4.06. The van der Waals surface area contributed by atoms with Crippen LogP contribution in [0.5, 0.6) is 0 Å². The Balaban J connectivity index is 1.20. The molecule has 264 valence electrons. The molecule has 6 rings (SSSR count). The highest BCUT2D eigenvalue weighted by Gasteiger charge is 2.36. The summed E-state index contributed by atoms with van der Waals surface area (Å²) in [6.45, 7) is 6.31. The number of hydrogen-bond acceptors (Lipinski definition) is 10. The molecule has 1 saturated carbocycles. The number of carbonyl (C=O) groups is 4. The van der Waals surface area contributed by atoms with Gasteiger partial charge >= 0.3 is 0 Å². The van der Waals surface area contributed by atoms with Crippen LogP contribution < -0.4 is 16.0 Å². The average Bonchev–Trinajstić information content (AvgIpc) is 3.82. The van der Waals surface area contributed by atoms with Gasteiger partial charge in [-0.15, -0.1) is 5.10 Å². The van der Waals surface area contributed by atoms with Gasteiger partial charge in [-0.3, -0.25) is 24.2 Å². The fourth-order valence-corrected chi connectivity index (χ4v) is 7.13. The summed E-state index contributed by atoms with van der Waals surface area (Å²) in [5, 5.41) is 12.7. The molecule has 4 amide bonds. The lowest BCUT2D eigenvalue weighted by Gasteiger charge is -2.36. The fourth-order valence-electron chi connectivity index (χ4n) is 6.71. The molecule has 0 spiro atoms. The summed E-state index contributed by atoms with van der Waals surface area (Å²) in [5.41, 5.74) is 1.16. The highest BCUT2D eigenvalue weighted by molar-refractivity contribution is 7.07. The lowest BCUT2D eigenvalue weighted by molar-refractivity contribution is -0.135. The number of carbonyl (C=O) groups excluding carboxylic acids is 4. The molecule has 3 N–H and O–H groups in total. The summed E-state index contributed by atoms with van der Waals surface area (Å²) in [5.74, 6) is -2.74. The van der Waals surface area contributed by atoms with Gasteiger partial charge in [-0.1, -0.05) is 37.2 Å². The summed E-state index contributed by atoms with van der Waals surface area (Å²) in [6, 6.07) is 4.10. The average molecular weight is 705 g/mol. The van der Waals surface area contributed by atoms with Crippen molar-refractivity contribution >= 4 is 51.8 Å². The van der Waals surface area contributed by atoms with Gasteiger partial charge in [0, 0.05) is 44.5 Å². The molecule has 1 aromatic carbocycles. The molecule has 1 aliphatic heterocycles. The zero-order valence-corrected chi connectivity index (χ0v) is 29.0. The number of amides is 4.